The zero-order chi connectivity index (χ0) is 16.2. The van der Waals surface area contributed by atoms with Crippen LogP contribution in [0.1, 0.15) is 11.3 Å². The normalized spacial score (nSPS) is 19.3. The molecule has 2 amide bonds. The van der Waals surface area contributed by atoms with E-state index in [1.54, 1.807) is 6.07 Å². The van der Waals surface area contributed by atoms with Crippen LogP contribution in [0.25, 0.3) is 6.08 Å². The molecule has 1 fully saturated rings. The van der Waals surface area contributed by atoms with Gasteiger partial charge < -0.3 is 15.7 Å². The van der Waals surface area contributed by atoms with Gasteiger partial charge in [0.25, 0.3) is 5.91 Å². The van der Waals surface area contributed by atoms with Crippen LogP contribution in [0, 0.1) is 0 Å². The average Bonchev–Trinajstić information content (AvgIpc) is 2.55. The van der Waals surface area contributed by atoms with Crippen LogP contribution >= 0.6 is 0 Å². The minimum atomic E-state index is -0.602. The van der Waals surface area contributed by atoms with Crippen molar-refractivity contribution in [3.63, 3.8) is 0 Å². The Morgan fingerprint density at radius 3 is 2.61 bits per heavy atom. The molecule has 0 bridgehead atoms. The van der Waals surface area contributed by atoms with E-state index in [-0.39, 0.29) is 23.3 Å². The van der Waals surface area contributed by atoms with E-state index in [0.29, 0.717) is 12.1 Å². The van der Waals surface area contributed by atoms with Gasteiger partial charge in [-0.1, -0.05) is 30.3 Å². The maximum atomic E-state index is 12.2. The van der Waals surface area contributed by atoms with Crippen LogP contribution < -0.4 is 10.6 Å². The molecule has 6 heteroatoms. The Bertz CT molecular complexity index is 754. The number of piperazine rings is 1. The molecule has 23 heavy (non-hydrogen) atoms. The zero-order valence-corrected chi connectivity index (χ0v) is 12.2. The predicted molar refractivity (Wildman–Crippen MR) is 84.1 cm³/mol. The summed E-state index contributed by atoms with van der Waals surface area (Å²) in [6.45, 7) is 0. The molecular weight excluding hydrogens is 294 g/mol. The van der Waals surface area contributed by atoms with Gasteiger partial charge in [-0.15, -0.1) is 0 Å². The Labute approximate surface area is 132 Å². The van der Waals surface area contributed by atoms with E-state index in [2.05, 4.69) is 15.6 Å². The van der Waals surface area contributed by atoms with Crippen molar-refractivity contribution in [2.24, 2.45) is 0 Å². The van der Waals surface area contributed by atoms with E-state index in [1.165, 1.54) is 18.3 Å². The van der Waals surface area contributed by atoms with E-state index in [4.69, 9.17) is 0 Å². The average molecular weight is 309 g/mol. The van der Waals surface area contributed by atoms with Crippen molar-refractivity contribution in [1.29, 1.82) is 0 Å². The number of benzene rings is 1. The van der Waals surface area contributed by atoms with Crippen molar-refractivity contribution >= 4 is 17.9 Å². The number of amides is 2. The number of nitrogens with one attached hydrogen (secondary N) is 2. The molecule has 0 aliphatic carbocycles. The molecule has 0 saturated carbocycles. The highest BCUT2D eigenvalue weighted by molar-refractivity contribution is 6.07. The number of hydrogen-bond donors (Lipinski definition) is 3. The number of hydrogen-bond acceptors (Lipinski definition) is 4. The molecule has 0 radical (unpaired) electrons. The first-order valence-electron chi connectivity index (χ1n) is 7.14. The van der Waals surface area contributed by atoms with Crippen LogP contribution in [0.15, 0.2) is 54.4 Å². The van der Waals surface area contributed by atoms with Gasteiger partial charge in [0, 0.05) is 6.42 Å². The number of nitrogens with zero attached hydrogens (tertiary/aromatic N) is 1. The second kappa shape index (κ2) is 6.31. The monoisotopic (exact) mass is 309 g/mol. The number of pyridine rings is 1. The molecule has 1 saturated heterocycles. The summed E-state index contributed by atoms with van der Waals surface area (Å²) in [5, 5.41) is 14.5. The Morgan fingerprint density at radius 2 is 1.91 bits per heavy atom. The van der Waals surface area contributed by atoms with Crippen LogP contribution in [0.4, 0.5) is 0 Å². The van der Waals surface area contributed by atoms with Crippen LogP contribution in [0.3, 0.4) is 0 Å². The molecule has 1 aromatic heterocycles. The third kappa shape index (κ3) is 3.55. The van der Waals surface area contributed by atoms with Gasteiger partial charge in [0.15, 0.2) is 0 Å². The number of aromatic nitrogens is 1. The molecule has 2 heterocycles. The largest absolute Gasteiger partial charge is 0.506 e. The van der Waals surface area contributed by atoms with Crippen molar-refractivity contribution in [2.75, 3.05) is 0 Å². The highest BCUT2D eigenvalue weighted by Crippen LogP contribution is 2.12. The summed E-state index contributed by atoms with van der Waals surface area (Å²) in [6.07, 6.45) is 3.17. The van der Waals surface area contributed by atoms with Gasteiger partial charge in [0.1, 0.15) is 17.5 Å². The first-order valence-corrected chi connectivity index (χ1v) is 7.14. The van der Waals surface area contributed by atoms with E-state index in [1.807, 2.05) is 30.3 Å². The number of carbonyl (C=O) groups is 2. The summed E-state index contributed by atoms with van der Waals surface area (Å²) in [5.41, 5.74) is 1.58. The fourth-order valence-electron chi connectivity index (χ4n) is 2.30. The lowest BCUT2D eigenvalue weighted by molar-refractivity contribution is -0.131. The number of carbonyl (C=O) groups excluding carboxylic acids is 2. The van der Waals surface area contributed by atoms with E-state index in [9.17, 15) is 14.7 Å². The van der Waals surface area contributed by atoms with Crippen LogP contribution in [-0.2, 0) is 16.0 Å². The molecule has 3 N–H and O–H groups in total. The Balaban J connectivity index is 1.73. The molecule has 1 aliphatic rings. The van der Waals surface area contributed by atoms with Crippen LogP contribution in [0.2, 0.25) is 0 Å². The summed E-state index contributed by atoms with van der Waals surface area (Å²) in [6, 6.07) is 11.9. The Hall–Kier alpha value is -3.15. The highest BCUT2D eigenvalue weighted by atomic mass is 16.3. The molecule has 1 aliphatic heterocycles. The first-order chi connectivity index (χ1) is 11.1. The van der Waals surface area contributed by atoms with Crippen molar-refractivity contribution in [3.05, 3.63) is 65.6 Å². The third-order valence-corrected chi connectivity index (χ3v) is 3.47. The second-order valence-corrected chi connectivity index (χ2v) is 5.20. The lowest BCUT2D eigenvalue weighted by Crippen LogP contribution is -2.55. The smallest absolute Gasteiger partial charge is 0.268 e. The molecule has 0 spiro atoms. The molecule has 2 aromatic rings. The summed E-state index contributed by atoms with van der Waals surface area (Å²) in [4.78, 5) is 28.3. The quantitative estimate of drug-likeness (QED) is 0.737. The fourth-order valence-corrected chi connectivity index (χ4v) is 2.30. The lowest BCUT2D eigenvalue weighted by atomic mass is 10.0. The molecular formula is C17H15N3O3. The van der Waals surface area contributed by atoms with Crippen molar-refractivity contribution < 1.29 is 14.7 Å². The summed E-state index contributed by atoms with van der Waals surface area (Å²) < 4.78 is 0. The minimum absolute atomic E-state index is 0.0345. The molecule has 116 valence electrons. The van der Waals surface area contributed by atoms with Gasteiger partial charge in [-0.05, 0) is 23.8 Å². The zero-order valence-electron chi connectivity index (χ0n) is 12.2. The van der Waals surface area contributed by atoms with E-state index in [0.717, 1.165) is 5.56 Å². The molecule has 1 atom stereocenters. The van der Waals surface area contributed by atoms with Gasteiger partial charge in [0.05, 0.1) is 11.9 Å². The molecule has 1 unspecified atom stereocenters. The first kappa shape index (κ1) is 14.8. The predicted octanol–water partition coefficient (Wildman–Crippen LogP) is 0.985. The van der Waals surface area contributed by atoms with E-state index >= 15 is 0 Å². The summed E-state index contributed by atoms with van der Waals surface area (Å²) in [7, 11) is 0. The Kier molecular flexibility index (Phi) is 4.05. The second-order valence-electron chi connectivity index (χ2n) is 5.20. The molecule has 3 rings (SSSR count). The van der Waals surface area contributed by atoms with Crippen molar-refractivity contribution in [2.45, 2.75) is 12.5 Å². The Morgan fingerprint density at radius 1 is 1.13 bits per heavy atom. The summed E-state index contributed by atoms with van der Waals surface area (Å²) in [5.74, 6) is -0.592. The van der Waals surface area contributed by atoms with Gasteiger partial charge in [-0.2, -0.15) is 0 Å². The van der Waals surface area contributed by atoms with Crippen molar-refractivity contribution in [1.82, 2.24) is 15.6 Å². The summed E-state index contributed by atoms with van der Waals surface area (Å²) >= 11 is 0. The molecule has 6 nitrogen and oxygen atoms in total. The minimum Gasteiger partial charge on any atom is -0.506 e. The lowest BCUT2D eigenvalue weighted by Gasteiger charge is -2.25. The topological polar surface area (TPSA) is 91.3 Å². The van der Waals surface area contributed by atoms with E-state index < -0.39 is 6.04 Å². The van der Waals surface area contributed by atoms with Gasteiger partial charge >= 0.3 is 0 Å². The SMILES string of the molecule is O=C1NC(Cc2ccccc2)C(=O)NC1=Cc1ccc(O)cn1. The van der Waals surface area contributed by atoms with Crippen molar-refractivity contribution in [3.8, 4) is 5.75 Å². The highest BCUT2D eigenvalue weighted by Gasteiger charge is 2.29. The maximum Gasteiger partial charge on any atom is 0.268 e. The molecule has 1 aromatic carbocycles. The van der Waals surface area contributed by atoms with Gasteiger partial charge in [0.2, 0.25) is 5.91 Å². The van der Waals surface area contributed by atoms with Crippen LogP contribution in [-0.4, -0.2) is 27.9 Å². The standard InChI is InChI=1S/C17H15N3O3/c21-13-7-6-12(18-10-13)9-15-17(23)19-14(16(22)20-15)8-11-4-2-1-3-5-11/h1-7,9-10,14,21H,8H2,(H,19,23)(H,20,22). The fraction of sp³-hybridized carbons (Fsp3) is 0.118. The number of aromatic hydroxyl groups is 1. The maximum absolute atomic E-state index is 12.2. The number of rotatable bonds is 3. The van der Waals surface area contributed by atoms with Gasteiger partial charge in [-0.3, -0.25) is 14.6 Å². The van der Waals surface area contributed by atoms with Gasteiger partial charge in [-0.25, -0.2) is 0 Å². The third-order valence-electron chi connectivity index (χ3n) is 3.47. The van der Waals surface area contributed by atoms with Crippen LogP contribution in [0.5, 0.6) is 5.75 Å².